The average Bonchev–Trinajstić information content (AvgIpc) is 3.01. The molecule has 3 unspecified atom stereocenters. The van der Waals surface area contributed by atoms with E-state index in [1.54, 1.807) is 0 Å². The van der Waals surface area contributed by atoms with Crippen molar-refractivity contribution >= 4 is 0 Å². The molecule has 0 amide bonds. The average molecular weight is 275 g/mol. The number of rotatable bonds is 5. The second kappa shape index (κ2) is 6.59. The van der Waals surface area contributed by atoms with Crippen LogP contribution in [0, 0.1) is 5.92 Å². The highest BCUT2D eigenvalue weighted by Crippen LogP contribution is 2.37. The molecule has 0 bridgehead atoms. The second-order valence-electron chi connectivity index (χ2n) is 5.90. The SMILES string of the molecule is CCNC(CC1CCOc2ccccc21)C1CCOC1. The molecular formula is C17H25NO2. The Labute approximate surface area is 121 Å². The molecule has 0 spiro atoms. The van der Waals surface area contributed by atoms with E-state index < -0.39 is 0 Å². The third-order valence-electron chi connectivity index (χ3n) is 4.62. The summed E-state index contributed by atoms with van der Waals surface area (Å²) in [6, 6.07) is 9.09. The van der Waals surface area contributed by atoms with Crippen LogP contribution in [0.15, 0.2) is 24.3 Å². The molecule has 110 valence electrons. The number of fused-ring (bicyclic) bond motifs is 1. The molecule has 1 N–H and O–H groups in total. The number of para-hydroxylation sites is 1. The molecule has 3 nitrogen and oxygen atoms in total. The van der Waals surface area contributed by atoms with Crippen LogP contribution in [0.4, 0.5) is 0 Å². The van der Waals surface area contributed by atoms with Crippen molar-refractivity contribution in [1.82, 2.24) is 5.32 Å². The fourth-order valence-electron chi connectivity index (χ4n) is 3.54. The van der Waals surface area contributed by atoms with E-state index in [1.807, 2.05) is 0 Å². The standard InChI is InChI=1S/C17H25NO2/c1-2-18-16(14-7-9-19-12-14)11-13-8-10-20-17-6-4-3-5-15(13)17/h3-6,13-14,16,18H,2,7-12H2,1H3. The largest absolute Gasteiger partial charge is 0.493 e. The summed E-state index contributed by atoms with van der Waals surface area (Å²) in [6.07, 6.45) is 3.53. The molecule has 3 atom stereocenters. The first-order valence-electron chi connectivity index (χ1n) is 7.91. The lowest BCUT2D eigenvalue weighted by Crippen LogP contribution is -2.38. The van der Waals surface area contributed by atoms with E-state index in [1.165, 1.54) is 18.4 Å². The Balaban J connectivity index is 1.72. The van der Waals surface area contributed by atoms with Crippen LogP contribution in [0.3, 0.4) is 0 Å². The lowest BCUT2D eigenvalue weighted by molar-refractivity contribution is 0.171. The van der Waals surface area contributed by atoms with E-state index in [0.29, 0.717) is 17.9 Å². The van der Waals surface area contributed by atoms with E-state index in [9.17, 15) is 0 Å². The molecule has 0 radical (unpaired) electrons. The maximum Gasteiger partial charge on any atom is 0.122 e. The van der Waals surface area contributed by atoms with Gasteiger partial charge in [-0.05, 0) is 49.3 Å². The number of benzene rings is 1. The first kappa shape index (κ1) is 13.9. The number of hydrogen-bond acceptors (Lipinski definition) is 3. The maximum absolute atomic E-state index is 5.78. The molecule has 3 rings (SSSR count). The topological polar surface area (TPSA) is 30.5 Å². The zero-order valence-corrected chi connectivity index (χ0v) is 12.3. The normalized spacial score (nSPS) is 26.9. The van der Waals surface area contributed by atoms with Gasteiger partial charge in [0.25, 0.3) is 0 Å². The van der Waals surface area contributed by atoms with Gasteiger partial charge < -0.3 is 14.8 Å². The zero-order chi connectivity index (χ0) is 13.8. The molecule has 2 aliphatic rings. The minimum Gasteiger partial charge on any atom is -0.493 e. The van der Waals surface area contributed by atoms with Crippen LogP contribution in [0.5, 0.6) is 5.75 Å². The lowest BCUT2D eigenvalue weighted by atomic mass is 9.83. The van der Waals surface area contributed by atoms with Crippen molar-refractivity contribution in [3.8, 4) is 5.75 Å². The Bertz CT molecular complexity index is 429. The molecule has 0 aliphatic carbocycles. The van der Waals surface area contributed by atoms with Gasteiger partial charge in [-0.25, -0.2) is 0 Å². The molecular weight excluding hydrogens is 250 g/mol. The summed E-state index contributed by atoms with van der Waals surface area (Å²) in [5, 5.41) is 3.68. The highest BCUT2D eigenvalue weighted by molar-refractivity contribution is 5.37. The predicted octanol–water partition coefficient (Wildman–Crippen LogP) is 2.96. The summed E-state index contributed by atoms with van der Waals surface area (Å²) >= 11 is 0. The summed E-state index contributed by atoms with van der Waals surface area (Å²) < 4.78 is 11.4. The molecule has 1 saturated heterocycles. The van der Waals surface area contributed by atoms with Crippen LogP contribution in [-0.2, 0) is 4.74 Å². The monoisotopic (exact) mass is 275 g/mol. The minimum atomic E-state index is 0.568. The highest BCUT2D eigenvalue weighted by atomic mass is 16.5. The zero-order valence-electron chi connectivity index (χ0n) is 12.3. The van der Waals surface area contributed by atoms with E-state index >= 15 is 0 Å². The fourth-order valence-corrected chi connectivity index (χ4v) is 3.54. The first-order valence-corrected chi connectivity index (χ1v) is 7.91. The Morgan fingerprint density at radius 1 is 1.25 bits per heavy atom. The third-order valence-corrected chi connectivity index (χ3v) is 4.62. The van der Waals surface area contributed by atoms with Crippen LogP contribution < -0.4 is 10.1 Å². The Morgan fingerprint density at radius 2 is 2.15 bits per heavy atom. The molecule has 3 heteroatoms. The van der Waals surface area contributed by atoms with E-state index in [4.69, 9.17) is 9.47 Å². The highest BCUT2D eigenvalue weighted by Gasteiger charge is 2.30. The molecule has 0 saturated carbocycles. The summed E-state index contributed by atoms with van der Waals surface area (Å²) in [4.78, 5) is 0. The lowest BCUT2D eigenvalue weighted by Gasteiger charge is -2.31. The van der Waals surface area contributed by atoms with Crippen LogP contribution >= 0.6 is 0 Å². The van der Waals surface area contributed by atoms with Gasteiger partial charge in [-0.2, -0.15) is 0 Å². The van der Waals surface area contributed by atoms with Crippen molar-refractivity contribution in [2.75, 3.05) is 26.4 Å². The van der Waals surface area contributed by atoms with Gasteiger partial charge in [-0.15, -0.1) is 0 Å². The van der Waals surface area contributed by atoms with Gasteiger partial charge in [0.05, 0.1) is 13.2 Å². The quantitative estimate of drug-likeness (QED) is 0.896. The Kier molecular flexibility index (Phi) is 4.58. The van der Waals surface area contributed by atoms with Crippen molar-refractivity contribution in [3.05, 3.63) is 29.8 Å². The maximum atomic E-state index is 5.78. The van der Waals surface area contributed by atoms with Crippen molar-refractivity contribution < 1.29 is 9.47 Å². The predicted molar refractivity (Wildman–Crippen MR) is 80.3 cm³/mol. The Hall–Kier alpha value is -1.06. The fraction of sp³-hybridized carbons (Fsp3) is 0.647. The second-order valence-corrected chi connectivity index (χ2v) is 5.90. The molecule has 2 heterocycles. The smallest absolute Gasteiger partial charge is 0.122 e. The van der Waals surface area contributed by atoms with Crippen molar-refractivity contribution in [1.29, 1.82) is 0 Å². The van der Waals surface area contributed by atoms with Gasteiger partial charge in [0.2, 0.25) is 0 Å². The van der Waals surface area contributed by atoms with Crippen molar-refractivity contribution in [2.45, 2.75) is 38.1 Å². The van der Waals surface area contributed by atoms with Gasteiger partial charge >= 0.3 is 0 Å². The van der Waals surface area contributed by atoms with Crippen molar-refractivity contribution in [2.24, 2.45) is 5.92 Å². The summed E-state index contributed by atoms with van der Waals surface area (Å²) in [5.74, 6) is 2.37. The number of nitrogens with one attached hydrogen (secondary N) is 1. The van der Waals surface area contributed by atoms with Crippen LogP contribution in [0.25, 0.3) is 0 Å². The van der Waals surface area contributed by atoms with Gasteiger partial charge in [-0.1, -0.05) is 25.1 Å². The minimum absolute atomic E-state index is 0.568. The summed E-state index contributed by atoms with van der Waals surface area (Å²) in [5.41, 5.74) is 1.39. The molecule has 1 aromatic carbocycles. The molecule has 2 aliphatic heterocycles. The van der Waals surface area contributed by atoms with E-state index in [0.717, 1.165) is 38.5 Å². The van der Waals surface area contributed by atoms with Gasteiger partial charge in [0.1, 0.15) is 5.75 Å². The Morgan fingerprint density at radius 3 is 2.95 bits per heavy atom. The van der Waals surface area contributed by atoms with Crippen LogP contribution in [-0.4, -0.2) is 32.4 Å². The first-order chi connectivity index (χ1) is 9.88. The van der Waals surface area contributed by atoms with Gasteiger partial charge in [0, 0.05) is 12.6 Å². The van der Waals surface area contributed by atoms with E-state index in [2.05, 4.69) is 36.5 Å². The molecule has 1 aromatic rings. The van der Waals surface area contributed by atoms with Gasteiger partial charge in [-0.3, -0.25) is 0 Å². The molecule has 1 fully saturated rings. The molecule has 20 heavy (non-hydrogen) atoms. The van der Waals surface area contributed by atoms with Crippen molar-refractivity contribution in [3.63, 3.8) is 0 Å². The van der Waals surface area contributed by atoms with Crippen LogP contribution in [0.2, 0.25) is 0 Å². The number of hydrogen-bond donors (Lipinski definition) is 1. The van der Waals surface area contributed by atoms with Gasteiger partial charge in [0.15, 0.2) is 0 Å². The summed E-state index contributed by atoms with van der Waals surface area (Å²) in [7, 11) is 0. The third kappa shape index (κ3) is 2.99. The molecule has 0 aromatic heterocycles. The van der Waals surface area contributed by atoms with E-state index in [-0.39, 0.29) is 0 Å². The number of ether oxygens (including phenoxy) is 2. The summed E-state index contributed by atoms with van der Waals surface area (Å²) in [6.45, 7) is 5.92. The van der Waals surface area contributed by atoms with Crippen LogP contribution in [0.1, 0.15) is 37.7 Å².